The molecule has 21 heavy (non-hydrogen) atoms. The van der Waals surface area contributed by atoms with Crippen molar-refractivity contribution < 1.29 is 9.53 Å². The molecule has 0 aliphatic heterocycles. The van der Waals surface area contributed by atoms with Gasteiger partial charge in [-0.3, -0.25) is 4.79 Å². The minimum atomic E-state index is -0.0856. The first-order valence-electron chi connectivity index (χ1n) is 6.51. The Morgan fingerprint density at radius 2 is 1.86 bits per heavy atom. The number of para-hydroxylation sites is 1. The second kappa shape index (κ2) is 7.60. The van der Waals surface area contributed by atoms with Crippen LogP contribution in [-0.4, -0.2) is 12.4 Å². The van der Waals surface area contributed by atoms with Gasteiger partial charge in [-0.05, 0) is 35.9 Å². The van der Waals surface area contributed by atoms with Crippen molar-refractivity contribution in [3.05, 3.63) is 82.9 Å². The summed E-state index contributed by atoms with van der Waals surface area (Å²) < 4.78 is 6.50. The fourth-order valence-electron chi connectivity index (χ4n) is 1.78. The first-order valence-corrected chi connectivity index (χ1v) is 7.30. The van der Waals surface area contributed by atoms with Crippen LogP contribution in [0.2, 0.25) is 0 Å². The SMILES string of the molecule is C=CCOc1ccccc1C(=O)/C=C/c1ccc(Br)cc1. The molecule has 0 spiro atoms. The van der Waals surface area contributed by atoms with E-state index < -0.39 is 0 Å². The fraction of sp³-hybridized carbons (Fsp3) is 0.0556. The average molecular weight is 343 g/mol. The molecule has 0 aromatic heterocycles. The molecule has 2 nitrogen and oxygen atoms in total. The predicted molar refractivity (Wildman–Crippen MR) is 89.6 cm³/mol. The molecule has 0 fully saturated rings. The van der Waals surface area contributed by atoms with Crippen LogP contribution in [0.25, 0.3) is 6.08 Å². The normalized spacial score (nSPS) is 10.5. The van der Waals surface area contributed by atoms with Gasteiger partial charge in [0.25, 0.3) is 0 Å². The van der Waals surface area contributed by atoms with Crippen molar-refractivity contribution in [3.8, 4) is 5.75 Å². The average Bonchev–Trinajstić information content (AvgIpc) is 2.52. The molecule has 0 heterocycles. The highest BCUT2D eigenvalue weighted by Crippen LogP contribution is 2.19. The van der Waals surface area contributed by atoms with Gasteiger partial charge >= 0.3 is 0 Å². The van der Waals surface area contributed by atoms with Gasteiger partial charge in [0.05, 0.1) is 5.56 Å². The van der Waals surface area contributed by atoms with Crippen LogP contribution in [-0.2, 0) is 0 Å². The van der Waals surface area contributed by atoms with Gasteiger partial charge in [0, 0.05) is 4.47 Å². The number of ketones is 1. The Bertz CT molecular complexity index is 657. The topological polar surface area (TPSA) is 26.3 Å². The van der Waals surface area contributed by atoms with E-state index in [1.165, 1.54) is 0 Å². The molecule has 0 N–H and O–H groups in total. The largest absolute Gasteiger partial charge is 0.489 e. The van der Waals surface area contributed by atoms with Crippen molar-refractivity contribution in [1.29, 1.82) is 0 Å². The van der Waals surface area contributed by atoms with Gasteiger partial charge in [0.15, 0.2) is 5.78 Å². The van der Waals surface area contributed by atoms with Crippen molar-refractivity contribution in [1.82, 2.24) is 0 Å². The Labute approximate surface area is 132 Å². The van der Waals surface area contributed by atoms with E-state index in [1.54, 1.807) is 30.4 Å². The summed E-state index contributed by atoms with van der Waals surface area (Å²) in [4.78, 5) is 12.3. The van der Waals surface area contributed by atoms with E-state index in [-0.39, 0.29) is 5.78 Å². The molecule has 0 amide bonds. The summed E-state index contributed by atoms with van der Waals surface area (Å²) in [5, 5.41) is 0. The van der Waals surface area contributed by atoms with Gasteiger partial charge in [-0.1, -0.05) is 58.9 Å². The summed E-state index contributed by atoms with van der Waals surface area (Å²) in [7, 11) is 0. The van der Waals surface area contributed by atoms with Gasteiger partial charge in [-0.2, -0.15) is 0 Å². The molecule has 0 saturated heterocycles. The van der Waals surface area contributed by atoms with Crippen molar-refractivity contribution in [2.24, 2.45) is 0 Å². The number of hydrogen-bond acceptors (Lipinski definition) is 2. The van der Waals surface area contributed by atoms with Gasteiger partial charge in [0.1, 0.15) is 12.4 Å². The van der Waals surface area contributed by atoms with E-state index in [4.69, 9.17) is 4.74 Å². The molecule has 0 bridgehead atoms. The third-order valence-corrected chi connectivity index (χ3v) is 3.34. The second-order valence-electron chi connectivity index (χ2n) is 4.34. The Balaban J connectivity index is 2.16. The summed E-state index contributed by atoms with van der Waals surface area (Å²) in [6.45, 7) is 3.98. The fourth-order valence-corrected chi connectivity index (χ4v) is 2.04. The second-order valence-corrected chi connectivity index (χ2v) is 5.26. The lowest BCUT2D eigenvalue weighted by molar-refractivity contribution is 0.104. The summed E-state index contributed by atoms with van der Waals surface area (Å²) in [6, 6.07) is 14.9. The molecule has 0 aliphatic carbocycles. The first-order chi connectivity index (χ1) is 10.2. The molecule has 3 heteroatoms. The molecule has 2 rings (SSSR count). The number of carbonyl (C=O) groups excluding carboxylic acids is 1. The van der Waals surface area contributed by atoms with Crippen LogP contribution in [0.4, 0.5) is 0 Å². The molecule has 0 aliphatic rings. The predicted octanol–water partition coefficient (Wildman–Crippen LogP) is 4.91. The molecule has 2 aromatic carbocycles. The quantitative estimate of drug-likeness (QED) is 0.423. The van der Waals surface area contributed by atoms with Crippen molar-refractivity contribution in [3.63, 3.8) is 0 Å². The minimum absolute atomic E-state index is 0.0856. The van der Waals surface area contributed by atoms with Crippen LogP contribution in [0.5, 0.6) is 5.75 Å². The zero-order valence-corrected chi connectivity index (χ0v) is 13.0. The summed E-state index contributed by atoms with van der Waals surface area (Å²) in [5.74, 6) is 0.487. The highest BCUT2D eigenvalue weighted by molar-refractivity contribution is 9.10. The smallest absolute Gasteiger partial charge is 0.189 e. The van der Waals surface area contributed by atoms with Gasteiger partial charge < -0.3 is 4.74 Å². The molecular formula is C18H15BrO2. The number of ether oxygens (including phenoxy) is 1. The first kappa shape index (κ1) is 15.3. The van der Waals surface area contributed by atoms with Crippen LogP contribution in [0.3, 0.4) is 0 Å². The standard InChI is InChI=1S/C18H15BrO2/c1-2-13-21-18-6-4-3-5-16(18)17(20)12-9-14-7-10-15(19)11-8-14/h2-12H,1,13H2/b12-9+. The van der Waals surface area contributed by atoms with Crippen LogP contribution < -0.4 is 4.74 Å². The third-order valence-electron chi connectivity index (χ3n) is 2.81. The van der Waals surface area contributed by atoms with Crippen LogP contribution in [0.15, 0.2) is 71.7 Å². The lowest BCUT2D eigenvalue weighted by Crippen LogP contribution is -2.01. The van der Waals surface area contributed by atoms with Crippen molar-refractivity contribution in [2.75, 3.05) is 6.61 Å². The lowest BCUT2D eigenvalue weighted by atomic mass is 10.1. The summed E-state index contributed by atoms with van der Waals surface area (Å²) >= 11 is 3.38. The summed E-state index contributed by atoms with van der Waals surface area (Å²) in [5.41, 5.74) is 1.52. The van der Waals surface area contributed by atoms with Gasteiger partial charge in [0.2, 0.25) is 0 Å². The van der Waals surface area contributed by atoms with E-state index in [9.17, 15) is 4.79 Å². The minimum Gasteiger partial charge on any atom is -0.489 e. The highest BCUT2D eigenvalue weighted by atomic mass is 79.9. The molecule has 0 unspecified atom stereocenters. The van der Waals surface area contributed by atoms with Gasteiger partial charge in [-0.15, -0.1) is 0 Å². The zero-order valence-electron chi connectivity index (χ0n) is 11.5. The Morgan fingerprint density at radius 1 is 1.14 bits per heavy atom. The van der Waals surface area contributed by atoms with Crippen LogP contribution in [0.1, 0.15) is 15.9 Å². The molecule has 106 valence electrons. The van der Waals surface area contributed by atoms with Crippen molar-refractivity contribution in [2.45, 2.75) is 0 Å². The maximum atomic E-state index is 12.3. The zero-order chi connectivity index (χ0) is 15.1. The number of benzene rings is 2. The Hall–Kier alpha value is -2.13. The van der Waals surface area contributed by atoms with Gasteiger partial charge in [-0.25, -0.2) is 0 Å². The lowest BCUT2D eigenvalue weighted by Gasteiger charge is -2.07. The van der Waals surface area contributed by atoms with Crippen molar-refractivity contribution >= 4 is 27.8 Å². The van der Waals surface area contributed by atoms with Crippen LogP contribution >= 0.6 is 15.9 Å². The molecule has 0 saturated carbocycles. The van der Waals surface area contributed by atoms with Crippen LogP contribution in [0, 0.1) is 0 Å². The molecule has 0 atom stereocenters. The summed E-state index contributed by atoms with van der Waals surface area (Å²) in [6.07, 6.45) is 5.00. The van der Waals surface area contributed by atoms with E-state index >= 15 is 0 Å². The maximum absolute atomic E-state index is 12.3. The van der Waals surface area contributed by atoms with E-state index in [0.717, 1.165) is 10.0 Å². The number of carbonyl (C=O) groups is 1. The van der Waals surface area contributed by atoms with E-state index in [2.05, 4.69) is 22.5 Å². The Morgan fingerprint density at radius 3 is 2.57 bits per heavy atom. The highest BCUT2D eigenvalue weighted by Gasteiger charge is 2.08. The number of hydrogen-bond donors (Lipinski definition) is 0. The monoisotopic (exact) mass is 342 g/mol. The maximum Gasteiger partial charge on any atom is 0.189 e. The number of allylic oxidation sites excluding steroid dienone is 1. The molecule has 0 radical (unpaired) electrons. The molecular weight excluding hydrogens is 328 g/mol. The number of rotatable bonds is 6. The third kappa shape index (κ3) is 4.43. The van der Waals surface area contributed by atoms with E-state index in [0.29, 0.717) is 17.9 Å². The van der Waals surface area contributed by atoms with E-state index in [1.807, 2.05) is 36.4 Å². The molecule has 2 aromatic rings. The number of halogens is 1. The Kier molecular flexibility index (Phi) is 5.52.